The van der Waals surface area contributed by atoms with Gasteiger partial charge in [-0.1, -0.05) is 112 Å². The van der Waals surface area contributed by atoms with Crippen molar-refractivity contribution in [1.82, 2.24) is 29.3 Å². The first-order valence-corrected chi connectivity index (χ1v) is 19.1. The van der Waals surface area contributed by atoms with E-state index < -0.39 is 0 Å². The monoisotopic (exact) mass is 948 g/mol. The molecule has 0 N–H and O–H groups in total. The summed E-state index contributed by atoms with van der Waals surface area (Å²) < 4.78 is 9.69. The van der Waals surface area contributed by atoms with Gasteiger partial charge in [-0.25, -0.2) is 4.98 Å². The Hall–Kier alpha value is -6.72. The van der Waals surface area contributed by atoms with Gasteiger partial charge in [0.2, 0.25) is 0 Å². The maximum atomic E-state index is 9.32. The number of nitriles is 1. The van der Waals surface area contributed by atoms with Crippen molar-refractivity contribution in [1.29, 1.82) is 5.26 Å². The molecule has 0 spiro atoms. The first-order chi connectivity index (χ1) is 28.1. The summed E-state index contributed by atoms with van der Waals surface area (Å²) in [6.07, 6.45) is 5.56. The molecule has 3 heterocycles. The molecule has 9 aromatic rings. The Morgan fingerprint density at radius 2 is 1.36 bits per heavy atom. The summed E-state index contributed by atoms with van der Waals surface area (Å²) in [4.78, 5) is 9.04. The maximum Gasteiger partial charge on any atom is 0.180 e. The van der Waals surface area contributed by atoms with Gasteiger partial charge in [0, 0.05) is 61.8 Å². The van der Waals surface area contributed by atoms with Crippen LogP contribution in [0.15, 0.2) is 144 Å². The number of imidazole rings is 1. The topological polar surface area (TPSA) is 98.3 Å². The van der Waals surface area contributed by atoms with Crippen LogP contribution in [0.1, 0.15) is 48.9 Å². The minimum Gasteiger partial charge on any atom is -0.488 e. The number of fused-ring (bicyclic) bond motifs is 1. The number of rotatable bonds is 6. The Bertz CT molecular complexity index is 2850. The number of aryl methyl sites for hydroxylation is 3. The number of oxazole rings is 1. The van der Waals surface area contributed by atoms with Crippen molar-refractivity contribution >= 4 is 11.1 Å². The maximum absolute atomic E-state index is 9.32. The van der Waals surface area contributed by atoms with E-state index in [-0.39, 0.29) is 25.5 Å². The van der Waals surface area contributed by atoms with Crippen LogP contribution in [0.3, 0.4) is 0 Å². The zero-order chi connectivity index (χ0) is 40.4. The van der Waals surface area contributed by atoms with Gasteiger partial charge in [-0.15, -0.1) is 58.7 Å². The molecule has 0 saturated heterocycles. The minimum atomic E-state index is 0. The molecular formula is C50H41IrN7O-2. The molecule has 0 aliphatic carbocycles. The molecule has 9 rings (SSSR count). The molecule has 0 unspecified atom stereocenters. The summed E-state index contributed by atoms with van der Waals surface area (Å²) >= 11 is 0. The van der Waals surface area contributed by atoms with Gasteiger partial charge >= 0.3 is 0 Å². The normalized spacial score (nSPS) is 11.1. The summed E-state index contributed by atoms with van der Waals surface area (Å²) in [5, 5.41) is 17.9. The van der Waals surface area contributed by atoms with Crippen molar-refractivity contribution in [3.8, 4) is 62.5 Å². The zero-order valence-electron chi connectivity index (χ0n) is 33.7. The largest absolute Gasteiger partial charge is 0.488 e. The van der Waals surface area contributed by atoms with Crippen molar-refractivity contribution in [3.05, 3.63) is 180 Å². The van der Waals surface area contributed by atoms with E-state index in [1.165, 1.54) is 22.4 Å². The second kappa shape index (κ2) is 17.0. The van der Waals surface area contributed by atoms with Crippen molar-refractivity contribution in [3.63, 3.8) is 0 Å². The van der Waals surface area contributed by atoms with Crippen molar-refractivity contribution in [2.24, 2.45) is 0 Å². The molecule has 1 radical (unpaired) electrons. The molecule has 0 amide bonds. The molecule has 8 nitrogen and oxygen atoms in total. The second-order valence-corrected chi connectivity index (χ2v) is 15.2. The standard InChI is InChI=1S/C27H17N4.C23H24N3O.Ir/c28-18-20-9-7-14-23(17-20)27-30-29-19-31(27)26-24(21-10-3-1-4-11-21)15-8-16-25(26)22-12-5-2-6-13-22;1-14-11-18(23(4,5)6)12-15(2)21(14)26-10-9-24-22(26)17-7-8-20-19(13-17)25-16(3)27-20;/h1-13,15-17,19H;8-13H,1-6H3;/q2*-1;. The van der Waals surface area contributed by atoms with Gasteiger partial charge in [0.15, 0.2) is 5.89 Å². The number of aromatic nitrogens is 6. The molecule has 293 valence electrons. The average molecular weight is 948 g/mol. The number of hydrogen-bond donors (Lipinski definition) is 0. The third-order valence-corrected chi connectivity index (χ3v) is 10.1. The summed E-state index contributed by atoms with van der Waals surface area (Å²) in [6, 6.07) is 49.2. The number of hydrogen-bond acceptors (Lipinski definition) is 6. The average Bonchev–Trinajstić information content (AvgIpc) is 4.01. The summed E-state index contributed by atoms with van der Waals surface area (Å²) in [7, 11) is 0. The van der Waals surface area contributed by atoms with Crippen LogP contribution < -0.4 is 0 Å². The quantitative estimate of drug-likeness (QED) is 0.154. The van der Waals surface area contributed by atoms with Crippen LogP contribution in [-0.2, 0) is 25.5 Å². The molecule has 59 heavy (non-hydrogen) atoms. The van der Waals surface area contributed by atoms with Gasteiger partial charge in [0.25, 0.3) is 0 Å². The fourth-order valence-corrected chi connectivity index (χ4v) is 7.32. The smallest absolute Gasteiger partial charge is 0.180 e. The fraction of sp³-hybridized carbons (Fsp3) is 0.140. The van der Waals surface area contributed by atoms with E-state index in [1.54, 1.807) is 24.5 Å². The molecule has 0 aliphatic rings. The molecule has 3 aromatic heterocycles. The van der Waals surface area contributed by atoms with E-state index in [4.69, 9.17) is 4.42 Å². The van der Waals surface area contributed by atoms with Gasteiger partial charge in [0.05, 0.1) is 29.0 Å². The molecule has 6 aromatic carbocycles. The first kappa shape index (κ1) is 40.5. The van der Waals surface area contributed by atoms with Gasteiger partial charge in [0.1, 0.15) is 6.33 Å². The Labute approximate surface area is 358 Å². The van der Waals surface area contributed by atoms with Gasteiger partial charge < -0.3 is 13.6 Å². The summed E-state index contributed by atoms with van der Waals surface area (Å²) in [5.41, 5.74) is 14.2. The Kier molecular flexibility index (Phi) is 11.7. The van der Waals surface area contributed by atoms with Crippen LogP contribution in [0.4, 0.5) is 0 Å². The predicted molar refractivity (Wildman–Crippen MR) is 230 cm³/mol. The number of nitrogens with zero attached hydrogens (tertiary/aromatic N) is 7. The van der Waals surface area contributed by atoms with Crippen LogP contribution in [-0.4, -0.2) is 29.3 Å². The number of benzene rings is 6. The van der Waals surface area contributed by atoms with Crippen LogP contribution in [0.5, 0.6) is 0 Å². The van der Waals surface area contributed by atoms with E-state index in [0.717, 1.165) is 56.0 Å². The van der Waals surface area contributed by atoms with E-state index in [2.05, 4.69) is 132 Å². The second-order valence-electron chi connectivity index (χ2n) is 15.2. The van der Waals surface area contributed by atoms with E-state index >= 15 is 0 Å². The van der Waals surface area contributed by atoms with Gasteiger partial charge in [-0.2, -0.15) is 10.4 Å². The minimum absolute atomic E-state index is 0. The molecule has 0 atom stereocenters. The van der Waals surface area contributed by atoms with Crippen LogP contribution in [0.25, 0.3) is 67.5 Å². The number of para-hydroxylation sites is 1. The molecule has 0 fully saturated rings. The van der Waals surface area contributed by atoms with Crippen molar-refractivity contribution < 1.29 is 24.5 Å². The van der Waals surface area contributed by atoms with Crippen LogP contribution >= 0.6 is 0 Å². The van der Waals surface area contributed by atoms with Gasteiger partial charge in [-0.3, -0.25) is 4.98 Å². The van der Waals surface area contributed by atoms with Gasteiger partial charge in [-0.05, 0) is 52.6 Å². The van der Waals surface area contributed by atoms with Crippen LogP contribution in [0, 0.1) is 44.2 Å². The molecule has 0 aliphatic heterocycles. The predicted octanol–water partition coefficient (Wildman–Crippen LogP) is 11.6. The Morgan fingerprint density at radius 3 is 1.98 bits per heavy atom. The SMILES string of the molecule is Cc1nc2cc(-c3nccn3-c3c(C)cc(C(C)(C)C)cc3C)[c-]cc2o1.N#Cc1cc[c-]c(-c2nncn2-c2c(-c3ccccc3)cccc2-c2ccccc2)c1.[Ir]. The Morgan fingerprint density at radius 1 is 0.712 bits per heavy atom. The van der Waals surface area contributed by atoms with Crippen LogP contribution in [0.2, 0.25) is 0 Å². The van der Waals surface area contributed by atoms with E-state index in [9.17, 15) is 5.26 Å². The fourth-order valence-electron chi connectivity index (χ4n) is 7.32. The third-order valence-electron chi connectivity index (χ3n) is 10.1. The Balaban J connectivity index is 0.000000178. The van der Waals surface area contributed by atoms with E-state index in [0.29, 0.717) is 17.3 Å². The summed E-state index contributed by atoms with van der Waals surface area (Å²) in [5.74, 6) is 2.15. The van der Waals surface area contributed by atoms with Crippen molar-refractivity contribution in [2.45, 2.75) is 47.0 Å². The molecule has 9 heteroatoms. The summed E-state index contributed by atoms with van der Waals surface area (Å²) in [6.45, 7) is 12.9. The van der Waals surface area contributed by atoms with Crippen molar-refractivity contribution in [2.75, 3.05) is 0 Å². The zero-order valence-corrected chi connectivity index (χ0v) is 36.0. The third kappa shape index (κ3) is 8.33. The molecule has 0 saturated carbocycles. The molecular weight excluding hydrogens is 907 g/mol. The van der Waals surface area contributed by atoms with E-state index in [1.807, 2.05) is 72.4 Å². The first-order valence-electron chi connectivity index (χ1n) is 19.1. The molecule has 0 bridgehead atoms.